The molecule has 0 amide bonds. The standard InChI is InChI=1S/C16H21N3O/c1-3-6-14-9-13(11-17-4-2)10-16(19-14)20-15-7-5-8-18-12-15/h5,7-10,12,17H,3-4,6,11H2,1-2H3. The summed E-state index contributed by atoms with van der Waals surface area (Å²) in [6.45, 7) is 6.03. The topological polar surface area (TPSA) is 47.0 Å². The zero-order valence-electron chi connectivity index (χ0n) is 12.1. The fraction of sp³-hybridized carbons (Fsp3) is 0.375. The smallest absolute Gasteiger partial charge is 0.219 e. The summed E-state index contributed by atoms with van der Waals surface area (Å²) in [5.41, 5.74) is 2.27. The third-order valence-electron chi connectivity index (χ3n) is 2.86. The lowest BCUT2D eigenvalue weighted by atomic mass is 10.1. The van der Waals surface area contributed by atoms with Crippen LogP contribution in [0.1, 0.15) is 31.5 Å². The molecule has 0 spiro atoms. The lowest BCUT2D eigenvalue weighted by molar-refractivity contribution is 0.457. The summed E-state index contributed by atoms with van der Waals surface area (Å²) in [4.78, 5) is 8.60. The number of rotatable bonds is 7. The lowest BCUT2D eigenvalue weighted by Gasteiger charge is -2.10. The first-order chi connectivity index (χ1) is 9.81. The first-order valence-electron chi connectivity index (χ1n) is 7.10. The number of nitrogens with one attached hydrogen (secondary N) is 1. The van der Waals surface area contributed by atoms with E-state index in [2.05, 4.69) is 35.2 Å². The number of aromatic nitrogens is 2. The van der Waals surface area contributed by atoms with Crippen molar-refractivity contribution < 1.29 is 4.74 Å². The minimum absolute atomic E-state index is 0.636. The highest BCUT2D eigenvalue weighted by Gasteiger charge is 2.05. The fourth-order valence-corrected chi connectivity index (χ4v) is 1.96. The Labute approximate surface area is 120 Å². The fourth-order valence-electron chi connectivity index (χ4n) is 1.96. The van der Waals surface area contributed by atoms with E-state index in [0.29, 0.717) is 11.6 Å². The van der Waals surface area contributed by atoms with E-state index in [0.717, 1.165) is 31.6 Å². The molecular weight excluding hydrogens is 250 g/mol. The van der Waals surface area contributed by atoms with Gasteiger partial charge in [0.25, 0.3) is 0 Å². The van der Waals surface area contributed by atoms with Crippen molar-refractivity contribution in [3.8, 4) is 11.6 Å². The van der Waals surface area contributed by atoms with Crippen LogP contribution in [0.5, 0.6) is 11.6 Å². The molecule has 2 rings (SSSR count). The Morgan fingerprint density at radius 2 is 2.15 bits per heavy atom. The van der Waals surface area contributed by atoms with E-state index in [1.54, 1.807) is 12.4 Å². The minimum Gasteiger partial charge on any atom is -0.437 e. The van der Waals surface area contributed by atoms with Gasteiger partial charge in [0.1, 0.15) is 5.75 Å². The highest BCUT2D eigenvalue weighted by atomic mass is 16.5. The molecule has 0 aliphatic heterocycles. The number of aryl methyl sites for hydroxylation is 1. The van der Waals surface area contributed by atoms with Gasteiger partial charge >= 0.3 is 0 Å². The quantitative estimate of drug-likeness (QED) is 0.839. The van der Waals surface area contributed by atoms with Crippen LogP contribution in [0.3, 0.4) is 0 Å². The molecule has 0 fully saturated rings. The average Bonchev–Trinajstić information content (AvgIpc) is 2.46. The van der Waals surface area contributed by atoms with Gasteiger partial charge in [-0.1, -0.05) is 20.3 Å². The lowest BCUT2D eigenvalue weighted by Crippen LogP contribution is -2.12. The van der Waals surface area contributed by atoms with E-state index in [1.165, 1.54) is 5.56 Å². The van der Waals surface area contributed by atoms with E-state index in [1.807, 2.05) is 18.2 Å². The third-order valence-corrected chi connectivity index (χ3v) is 2.86. The van der Waals surface area contributed by atoms with Crippen LogP contribution in [0.4, 0.5) is 0 Å². The van der Waals surface area contributed by atoms with Gasteiger partial charge in [-0.2, -0.15) is 0 Å². The van der Waals surface area contributed by atoms with Gasteiger partial charge in [-0.3, -0.25) is 4.98 Å². The molecule has 0 unspecified atom stereocenters. The molecule has 0 saturated carbocycles. The molecule has 0 aliphatic rings. The van der Waals surface area contributed by atoms with E-state index < -0.39 is 0 Å². The first kappa shape index (κ1) is 14.5. The monoisotopic (exact) mass is 271 g/mol. The van der Waals surface area contributed by atoms with Crippen LogP contribution in [0.15, 0.2) is 36.7 Å². The number of pyridine rings is 2. The van der Waals surface area contributed by atoms with Crippen LogP contribution in [-0.4, -0.2) is 16.5 Å². The van der Waals surface area contributed by atoms with Gasteiger partial charge in [-0.05, 0) is 36.7 Å². The Balaban J connectivity index is 2.19. The van der Waals surface area contributed by atoms with E-state index in [4.69, 9.17) is 4.74 Å². The maximum absolute atomic E-state index is 5.78. The zero-order valence-corrected chi connectivity index (χ0v) is 12.1. The second-order valence-electron chi connectivity index (χ2n) is 4.63. The zero-order chi connectivity index (χ0) is 14.2. The van der Waals surface area contributed by atoms with Crippen LogP contribution in [0.25, 0.3) is 0 Å². The van der Waals surface area contributed by atoms with Crippen molar-refractivity contribution in [2.24, 2.45) is 0 Å². The Morgan fingerprint density at radius 1 is 1.25 bits per heavy atom. The molecule has 2 aromatic heterocycles. The van der Waals surface area contributed by atoms with Gasteiger partial charge < -0.3 is 10.1 Å². The molecule has 2 heterocycles. The maximum Gasteiger partial charge on any atom is 0.219 e. The molecule has 0 aliphatic carbocycles. The second kappa shape index (κ2) is 7.60. The van der Waals surface area contributed by atoms with Gasteiger partial charge in [0.2, 0.25) is 5.88 Å². The van der Waals surface area contributed by atoms with Gasteiger partial charge in [0, 0.05) is 24.5 Å². The van der Waals surface area contributed by atoms with Crippen LogP contribution in [-0.2, 0) is 13.0 Å². The largest absolute Gasteiger partial charge is 0.437 e. The Kier molecular flexibility index (Phi) is 5.50. The summed E-state index contributed by atoms with van der Waals surface area (Å²) in [6, 6.07) is 7.85. The summed E-state index contributed by atoms with van der Waals surface area (Å²) in [5.74, 6) is 1.35. The molecule has 1 N–H and O–H groups in total. The SMILES string of the molecule is CCCc1cc(CNCC)cc(Oc2cccnc2)n1. The average molecular weight is 271 g/mol. The van der Waals surface area contributed by atoms with Crippen LogP contribution in [0, 0.1) is 0 Å². The Morgan fingerprint density at radius 3 is 2.85 bits per heavy atom. The summed E-state index contributed by atoms with van der Waals surface area (Å²) < 4.78 is 5.78. The maximum atomic E-state index is 5.78. The summed E-state index contributed by atoms with van der Waals surface area (Å²) in [5, 5.41) is 3.33. The van der Waals surface area contributed by atoms with Crippen LogP contribution >= 0.6 is 0 Å². The van der Waals surface area contributed by atoms with E-state index in [-0.39, 0.29) is 0 Å². The molecule has 2 aromatic rings. The Bertz CT molecular complexity index is 529. The molecule has 20 heavy (non-hydrogen) atoms. The number of hydrogen-bond donors (Lipinski definition) is 1. The molecule has 4 heteroatoms. The predicted octanol–water partition coefficient (Wildman–Crippen LogP) is 3.33. The van der Waals surface area contributed by atoms with E-state index in [9.17, 15) is 0 Å². The van der Waals surface area contributed by atoms with Crippen molar-refractivity contribution in [3.05, 3.63) is 47.9 Å². The van der Waals surface area contributed by atoms with Crippen LogP contribution in [0.2, 0.25) is 0 Å². The molecule has 0 bridgehead atoms. The van der Waals surface area contributed by atoms with Crippen molar-refractivity contribution >= 4 is 0 Å². The second-order valence-corrected chi connectivity index (χ2v) is 4.63. The van der Waals surface area contributed by atoms with Gasteiger partial charge in [-0.15, -0.1) is 0 Å². The van der Waals surface area contributed by atoms with Crippen molar-refractivity contribution in [2.45, 2.75) is 33.2 Å². The first-order valence-corrected chi connectivity index (χ1v) is 7.10. The highest BCUT2D eigenvalue weighted by Crippen LogP contribution is 2.20. The highest BCUT2D eigenvalue weighted by molar-refractivity contribution is 5.29. The molecule has 0 saturated heterocycles. The number of hydrogen-bond acceptors (Lipinski definition) is 4. The number of ether oxygens (including phenoxy) is 1. The van der Waals surface area contributed by atoms with Crippen LogP contribution < -0.4 is 10.1 Å². The Hall–Kier alpha value is -1.94. The molecule has 4 nitrogen and oxygen atoms in total. The molecule has 0 aromatic carbocycles. The summed E-state index contributed by atoms with van der Waals surface area (Å²) in [7, 11) is 0. The van der Waals surface area contributed by atoms with Gasteiger partial charge in [0.05, 0.1) is 6.20 Å². The van der Waals surface area contributed by atoms with Crippen molar-refractivity contribution in [3.63, 3.8) is 0 Å². The molecule has 106 valence electrons. The molecule has 0 atom stereocenters. The van der Waals surface area contributed by atoms with Crippen molar-refractivity contribution in [1.29, 1.82) is 0 Å². The molecule has 0 radical (unpaired) electrons. The predicted molar refractivity (Wildman–Crippen MR) is 79.9 cm³/mol. The summed E-state index contributed by atoms with van der Waals surface area (Å²) >= 11 is 0. The van der Waals surface area contributed by atoms with Gasteiger partial charge in [0.15, 0.2) is 0 Å². The summed E-state index contributed by atoms with van der Waals surface area (Å²) in [6.07, 6.45) is 5.45. The van der Waals surface area contributed by atoms with Gasteiger partial charge in [-0.25, -0.2) is 4.98 Å². The van der Waals surface area contributed by atoms with Crippen molar-refractivity contribution in [2.75, 3.05) is 6.54 Å². The normalized spacial score (nSPS) is 10.5. The van der Waals surface area contributed by atoms with Crippen molar-refractivity contribution in [1.82, 2.24) is 15.3 Å². The minimum atomic E-state index is 0.636. The van der Waals surface area contributed by atoms with E-state index >= 15 is 0 Å². The molecular formula is C16H21N3O. The third kappa shape index (κ3) is 4.31. The number of nitrogens with zero attached hydrogens (tertiary/aromatic N) is 2.